The lowest BCUT2D eigenvalue weighted by atomic mass is 9.84. The Bertz CT molecular complexity index is 571. The molecule has 0 atom stereocenters. The summed E-state index contributed by atoms with van der Waals surface area (Å²) in [5.74, 6) is 0.187. The zero-order chi connectivity index (χ0) is 15.5. The Morgan fingerprint density at radius 1 is 1.43 bits per heavy atom. The minimum atomic E-state index is -0.316. The summed E-state index contributed by atoms with van der Waals surface area (Å²) >= 11 is 6.03. The summed E-state index contributed by atoms with van der Waals surface area (Å²) in [5, 5.41) is 12.6. The number of halogens is 1. The van der Waals surface area contributed by atoms with Crippen LogP contribution in [-0.4, -0.2) is 31.4 Å². The van der Waals surface area contributed by atoms with Crippen LogP contribution in [0.1, 0.15) is 31.2 Å². The minimum absolute atomic E-state index is 0.187. The fourth-order valence-electron chi connectivity index (χ4n) is 2.98. The van der Waals surface area contributed by atoms with Crippen molar-refractivity contribution >= 4 is 23.2 Å². The molecule has 1 N–H and O–H groups in total. The number of amides is 1. The molecule has 1 aromatic carbocycles. The van der Waals surface area contributed by atoms with Crippen molar-refractivity contribution in [2.45, 2.75) is 25.7 Å². The molecule has 1 fully saturated rings. The second-order valence-electron chi connectivity index (χ2n) is 5.85. The van der Waals surface area contributed by atoms with E-state index in [-0.39, 0.29) is 11.3 Å². The fraction of sp³-hybridized carbons (Fsp3) is 0.500. The number of nitriles is 1. The van der Waals surface area contributed by atoms with Gasteiger partial charge in [0.1, 0.15) is 6.07 Å². The van der Waals surface area contributed by atoms with Gasteiger partial charge in [-0.05, 0) is 31.0 Å². The number of anilines is 1. The summed E-state index contributed by atoms with van der Waals surface area (Å²) in [6.45, 7) is 0.603. The molecule has 0 bridgehead atoms. The summed E-state index contributed by atoms with van der Waals surface area (Å²) in [4.78, 5) is 14.2. The molecule has 0 radical (unpaired) electrons. The largest absolute Gasteiger partial charge is 0.384 e. The molecule has 1 aliphatic rings. The van der Waals surface area contributed by atoms with Crippen molar-refractivity contribution < 1.29 is 4.79 Å². The van der Waals surface area contributed by atoms with Crippen molar-refractivity contribution in [1.82, 2.24) is 4.90 Å². The van der Waals surface area contributed by atoms with Gasteiger partial charge in [0.2, 0.25) is 5.91 Å². The molecule has 21 heavy (non-hydrogen) atoms. The van der Waals surface area contributed by atoms with Gasteiger partial charge in [-0.3, -0.25) is 4.79 Å². The fourth-order valence-corrected chi connectivity index (χ4v) is 3.20. The maximum absolute atomic E-state index is 12.5. The average molecular weight is 306 g/mol. The number of hydrogen-bond donors (Lipinski definition) is 1. The second-order valence-corrected chi connectivity index (χ2v) is 6.25. The SMILES string of the molecule is CN(C)C(=O)C1(CNc2ccc(C#N)c(Cl)c2)CCCC1. The van der Waals surface area contributed by atoms with Gasteiger partial charge in [0.05, 0.1) is 16.0 Å². The third-order valence-electron chi connectivity index (χ3n) is 4.14. The molecule has 5 heteroatoms. The van der Waals surface area contributed by atoms with Crippen LogP contribution in [0.15, 0.2) is 18.2 Å². The molecule has 0 heterocycles. The molecule has 0 saturated heterocycles. The first kappa shape index (κ1) is 15.7. The van der Waals surface area contributed by atoms with Crippen LogP contribution in [0.3, 0.4) is 0 Å². The topological polar surface area (TPSA) is 56.1 Å². The smallest absolute Gasteiger partial charge is 0.230 e. The summed E-state index contributed by atoms with van der Waals surface area (Å²) in [6, 6.07) is 7.30. The van der Waals surface area contributed by atoms with E-state index in [2.05, 4.69) is 5.32 Å². The third-order valence-corrected chi connectivity index (χ3v) is 4.45. The maximum Gasteiger partial charge on any atom is 0.230 e. The Kier molecular flexibility index (Phi) is 4.74. The van der Waals surface area contributed by atoms with Gasteiger partial charge >= 0.3 is 0 Å². The van der Waals surface area contributed by atoms with Crippen LogP contribution in [0, 0.1) is 16.7 Å². The maximum atomic E-state index is 12.5. The van der Waals surface area contributed by atoms with Crippen LogP contribution >= 0.6 is 11.6 Å². The monoisotopic (exact) mass is 305 g/mol. The van der Waals surface area contributed by atoms with E-state index in [4.69, 9.17) is 16.9 Å². The molecular formula is C16H20ClN3O. The molecule has 1 amide bonds. The Morgan fingerprint density at radius 3 is 2.62 bits per heavy atom. The highest BCUT2D eigenvalue weighted by Crippen LogP contribution is 2.39. The normalized spacial score (nSPS) is 16.3. The summed E-state index contributed by atoms with van der Waals surface area (Å²) in [6.07, 6.45) is 4.02. The number of benzene rings is 1. The molecule has 2 rings (SSSR count). The second kappa shape index (κ2) is 6.36. The lowest BCUT2D eigenvalue weighted by Crippen LogP contribution is -2.43. The van der Waals surface area contributed by atoms with E-state index in [9.17, 15) is 4.79 Å². The Hall–Kier alpha value is -1.73. The van der Waals surface area contributed by atoms with E-state index in [0.717, 1.165) is 31.4 Å². The number of hydrogen-bond acceptors (Lipinski definition) is 3. The number of carbonyl (C=O) groups excluding carboxylic acids is 1. The molecule has 0 unspecified atom stereocenters. The van der Waals surface area contributed by atoms with Gasteiger partial charge in [-0.15, -0.1) is 0 Å². The van der Waals surface area contributed by atoms with E-state index in [0.29, 0.717) is 17.1 Å². The van der Waals surface area contributed by atoms with Gasteiger partial charge in [0, 0.05) is 26.3 Å². The first-order valence-corrected chi connectivity index (χ1v) is 7.51. The minimum Gasteiger partial charge on any atom is -0.384 e. The number of nitrogens with one attached hydrogen (secondary N) is 1. The van der Waals surface area contributed by atoms with E-state index >= 15 is 0 Å². The zero-order valence-corrected chi connectivity index (χ0v) is 13.2. The zero-order valence-electron chi connectivity index (χ0n) is 12.4. The number of rotatable bonds is 4. The number of carbonyl (C=O) groups is 1. The molecule has 1 saturated carbocycles. The van der Waals surface area contributed by atoms with Crippen molar-refractivity contribution in [3.05, 3.63) is 28.8 Å². The van der Waals surface area contributed by atoms with Gasteiger partial charge in [0.15, 0.2) is 0 Å². The van der Waals surface area contributed by atoms with Gasteiger partial charge < -0.3 is 10.2 Å². The lowest BCUT2D eigenvalue weighted by molar-refractivity contribution is -0.138. The van der Waals surface area contributed by atoms with Crippen LogP contribution < -0.4 is 5.32 Å². The van der Waals surface area contributed by atoms with Crippen molar-refractivity contribution in [3.8, 4) is 6.07 Å². The molecule has 112 valence electrons. The van der Waals surface area contributed by atoms with E-state index < -0.39 is 0 Å². The average Bonchev–Trinajstić information content (AvgIpc) is 2.94. The number of nitrogens with zero attached hydrogens (tertiary/aromatic N) is 2. The molecule has 0 aliphatic heterocycles. The van der Waals surface area contributed by atoms with Crippen LogP contribution in [0.25, 0.3) is 0 Å². The molecule has 1 aliphatic carbocycles. The summed E-state index contributed by atoms with van der Waals surface area (Å²) in [5.41, 5.74) is 0.989. The highest BCUT2D eigenvalue weighted by Gasteiger charge is 2.41. The Morgan fingerprint density at radius 2 is 2.10 bits per heavy atom. The predicted molar refractivity (Wildman–Crippen MR) is 84.3 cm³/mol. The highest BCUT2D eigenvalue weighted by atomic mass is 35.5. The van der Waals surface area contributed by atoms with Gasteiger partial charge in [-0.25, -0.2) is 0 Å². The Labute approximate surface area is 130 Å². The van der Waals surface area contributed by atoms with Gasteiger partial charge in [-0.1, -0.05) is 24.4 Å². The van der Waals surface area contributed by atoms with Crippen LogP contribution in [0.2, 0.25) is 5.02 Å². The van der Waals surface area contributed by atoms with Gasteiger partial charge in [0.25, 0.3) is 0 Å². The van der Waals surface area contributed by atoms with Crippen LogP contribution in [-0.2, 0) is 4.79 Å². The van der Waals surface area contributed by atoms with Crippen LogP contribution in [0.5, 0.6) is 0 Å². The molecule has 4 nitrogen and oxygen atoms in total. The standard InChI is InChI=1S/C16H20ClN3O/c1-20(2)15(21)16(7-3-4-8-16)11-19-13-6-5-12(10-18)14(17)9-13/h5-6,9,19H,3-4,7-8,11H2,1-2H3. The van der Waals surface area contributed by atoms with Crippen molar-refractivity contribution in [3.63, 3.8) is 0 Å². The van der Waals surface area contributed by atoms with Crippen LogP contribution in [0.4, 0.5) is 5.69 Å². The Balaban J connectivity index is 2.11. The van der Waals surface area contributed by atoms with E-state index in [1.807, 2.05) is 12.1 Å². The van der Waals surface area contributed by atoms with Gasteiger partial charge in [-0.2, -0.15) is 5.26 Å². The lowest BCUT2D eigenvalue weighted by Gasteiger charge is -2.31. The molecule has 0 aromatic heterocycles. The van der Waals surface area contributed by atoms with E-state index in [1.165, 1.54) is 0 Å². The van der Waals surface area contributed by atoms with Crippen molar-refractivity contribution in [1.29, 1.82) is 5.26 Å². The first-order chi connectivity index (χ1) is 9.98. The highest BCUT2D eigenvalue weighted by molar-refractivity contribution is 6.32. The van der Waals surface area contributed by atoms with Crippen molar-refractivity contribution in [2.75, 3.05) is 26.0 Å². The summed E-state index contributed by atoms with van der Waals surface area (Å²) in [7, 11) is 3.61. The quantitative estimate of drug-likeness (QED) is 0.929. The third kappa shape index (κ3) is 3.30. The first-order valence-electron chi connectivity index (χ1n) is 7.14. The molecule has 0 spiro atoms. The van der Waals surface area contributed by atoms with Crippen molar-refractivity contribution in [2.24, 2.45) is 5.41 Å². The van der Waals surface area contributed by atoms with E-state index in [1.54, 1.807) is 31.1 Å². The molecular weight excluding hydrogens is 286 g/mol. The predicted octanol–water partition coefficient (Wildman–Crippen LogP) is 3.27. The molecule has 1 aromatic rings. The summed E-state index contributed by atoms with van der Waals surface area (Å²) < 4.78 is 0.